The number of ether oxygens (including phenoxy) is 1. The van der Waals surface area contributed by atoms with Crippen molar-refractivity contribution < 1.29 is 4.74 Å². The molecule has 1 unspecified atom stereocenters. The molecule has 2 aliphatic rings. The molecule has 0 aliphatic carbocycles. The van der Waals surface area contributed by atoms with Gasteiger partial charge in [0.15, 0.2) is 0 Å². The second-order valence-electron chi connectivity index (χ2n) is 10.4. The maximum absolute atomic E-state index is 7.47. The third kappa shape index (κ3) is 4.24. The lowest BCUT2D eigenvalue weighted by molar-refractivity contribution is -0.0460. The summed E-state index contributed by atoms with van der Waals surface area (Å²) in [4.78, 5) is 2.64. The van der Waals surface area contributed by atoms with Crippen LogP contribution in [0.5, 0.6) is 0 Å². The Hall–Kier alpha value is -3.55. The molecule has 0 spiro atoms. The smallest absolute Gasteiger partial charge is 0.139 e. The van der Waals surface area contributed by atoms with Gasteiger partial charge in [-0.25, -0.2) is 0 Å². The first-order valence-electron chi connectivity index (χ1n) is 13.9. The van der Waals surface area contributed by atoms with Gasteiger partial charge in [0, 0.05) is 12.1 Å². The van der Waals surface area contributed by atoms with Crippen molar-refractivity contribution in [2.75, 3.05) is 6.54 Å². The third-order valence-electron chi connectivity index (χ3n) is 8.24. The molecule has 5 aromatic rings. The molecule has 39 heavy (non-hydrogen) atoms. The van der Waals surface area contributed by atoms with E-state index in [0.717, 1.165) is 13.0 Å². The standard InChI is InChI=1S/C36H32NOP/c1-5-16-28(17-6-1)36(29-18-7-2-8-19-29)34-26-15-27-37(34)35(38-36)32-24-13-14-25-33(32)39(30-20-9-3-10-21-30)31-22-11-4-12-23-31/h1-14,16-25,34-35H,15,26-27H2/t34-,35?/m0/s1. The summed E-state index contributed by atoms with van der Waals surface area (Å²) in [7, 11) is -0.747. The highest BCUT2D eigenvalue weighted by Gasteiger charge is 2.57. The van der Waals surface area contributed by atoms with Gasteiger partial charge >= 0.3 is 0 Å². The van der Waals surface area contributed by atoms with E-state index in [0.29, 0.717) is 0 Å². The average molecular weight is 526 g/mol. The summed E-state index contributed by atoms with van der Waals surface area (Å²) in [6.07, 6.45) is 2.18. The fourth-order valence-corrected chi connectivity index (χ4v) is 9.08. The maximum Gasteiger partial charge on any atom is 0.139 e. The fourth-order valence-electron chi connectivity index (χ4n) is 6.61. The molecule has 0 bridgehead atoms. The first kappa shape index (κ1) is 24.5. The van der Waals surface area contributed by atoms with Crippen LogP contribution >= 0.6 is 7.92 Å². The zero-order chi connectivity index (χ0) is 26.1. The molecule has 7 rings (SSSR count). The zero-order valence-corrected chi connectivity index (χ0v) is 22.8. The van der Waals surface area contributed by atoms with E-state index in [1.54, 1.807) is 0 Å². The molecule has 0 N–H and O–H groups in total. The van der Waals surface area contributed by atoms with E-state index in [9.17, 15) is 0 Å². The topological polar surface area (TPSA) is 12.5 Å². The minimum Gasteiger partial charge on any atom is -0.341 e. The number of fused-ring (bicyclic) bond motifs is 1. The van der Waals surface area contributed by atoms with Crippen molar-refractivity contribution in [3.63, 3.8) is 0 Å². The Morgan fingerprint density at radius 2 is 1.08 bits per heavy atom. The molecule has 0 saturated carbocycles. The van der Waals surface area contributed by atoms with Crippen molar-refractivity contribution >= 4 is 23.8 Å². The SMILES string of the molecule is c1ccc(P(c2ccccc2)c2ccccc2C2OC(c3ccccc3)(c3ccccc3)[C@@H]3CCCN23)cc1. The van der Waals surface area contributed by atoms with E-state index in [4.69, 9.17) is 4.74 Å². The molecule has 2 fully saturated rings. The summed E-state index contributed by atoms with van der Waals surface area (Å²) in [5, 5.41) is 4.09. The lowest BCUT2D eigenvalue weighted by Crippen LogP contribution is -2.40. The van der Waals surface area contributed by atoms with Gasteiger partial charge in [0.1, 0.15) is 11.8 Å². The van der Waals surface area contributed by atoms with Crippen molar-refractivity contribution in [1.29, 1.82) is 0 Å². The van der Waals surface area contributed by atoms with Gasteiger partial charge < -0.3 is 4.74 Å². The quantitative estimate of drug-likeness (QED) is 0.224. The summed E-state index contributed by atoms with van der Waals surface area (Å²) in [5.74, 6) is 0. The Labute approximate surface area is 232 Å². The fraction of sp³-hybridized carbons (Fsp3) is 0.167. The van der Waals surface area contributed by atoms with E-state index in [1.807, 2.05) is 0 Å². The normalized spacial score (nSPS) is 20.2. The van der Waals surface area contributed by atoms with Crippen molar-refractivity contribution in [3.05, 3.63) is 162 Å². The van der Waals surface area contributed by atoms with Crippen LogP contribution in [0.25, 0.3) is 0 Å². The van der Waals surface area contributed by atoms with Crippen LogP contribution in [0.1, 0.15) is 35.8 Å². The van der Waals surface area contributed by atoms with Gasteiger partial charge in [0.2, 0.25) is 0 Å². The summed E-state index contributed by atoms with van der Waals surface area (Å²) in [6.45, 7) is 1.04. The lowest BCUT2D eigenvalue weighted by Gasteiger charge is -2.35. The van der Waals surface area contributed by atoms with E-state index >= 15 is 0 Å². The molecule has 2 nitrogen and oxygen atoms in total. The van der Waals surface area contributed by atoms with Crippen molar-refractivity contribution in [1.82, 2.24) is 4.90 Å². The summed E-state index contributed by atoms with van der Waals surface area (Å²) >= 11 is 0. The lowest BCUT2D eigenvalue weighted by atomic mass is 9.79. The second kappa shape index (κ2) is 10.5. The predicted octanol–water partition coefficient (Wildman–Crippen LogP) is 6.88. The average Bonchev–Trinajstić information content (AvgIpc) is 3.63. The molecule has 2 saturated heterocycles. The van der Waals surface area contributed by atoms with E-state index in [-0.39, 0.29) is 12.3 Å². The number of nitrogens with zero attached hydrogens (tertiary/aromatic N) is 1. The van der Waals surface area contributed by atoms with Gasteiger partial charge in [0.05, 0.1) is 6.04 Å². The van der Waals surface area contributed by atoms with E-state index in [1.165, 1.54) is 39.0 Å². The first-order valence-corrected chi connectivity index (χ1v) is 15.2. The van der Waals surface area contributed by atoms with Gasteiger partial charge in [-0.2, -0.15) is 0 Å². The number of rotatable bonds is 6. The highest BCUT2D eigenvalue weighted by molar-refractivity contribution is 7.79. The Morgan fingerprint density at radius 1 is 0.590 bits per heavy atom. The highest BCUT2D eigenvalue weighted by atomic mass is 31.1. The molecular formula is C36H32NOP. The predicted molar refractivity (Wildman–Crippen MR) is 162 cm³/mol. The van der Waals surface area contributed by atoms with Crippen LogP contribution in [-0.2, 0) is 10.3 Å². The van der Waals surface area contributed by atoms with Crippen LogP contribution < -0.4 is 15.9 Å². The summed E-state index contributed by atoms with van der Waals surface area (Å²) < 4.78 is 7.47. The Bertz CT molecular complexity index is 1450. The Morgan fingerprint density at radius 3 is 1.64 bits per heavy atom. The Kier molecular flexibility index (Phi) is 6.62. The molecule has 0 radical (unpaired) electrons. The number of hydrogen-bond donors (Lipinski definition) is 0. The van der Waals surface area contributed by atoms with Gasteiger partial charge in [-0.15, -0.1) is 0 Å². The van der Waals surface area contributed by atoms with Crippen LogP contribution in [0.15, 0.2) is 146 Å². The summed E-state index contributed by atoms with van der Waals surface area (Å²) in [5.41, 5.74) is 3.25. The molecule has 2 aliphatic heterocycles. The molecule has 3 heteroatoms. The third-order valence-corrected chi connectivity index (χ3v) is 10.8. The van der Waals surface area contributed by atoms with Crippen LogP contribution in [0.3, 0.4) is 0 Å². The van der Waals surface area contributed by atoms with Crippen molar-refractivity contribution in [3.8, 4) is 0 Å². The van der Waals surface area contributed by atoms with Gasteiger partial charge in [-0.1, -0.05) is 146 Å². The van der Waals surface area contributed by atoms with Crippen LogP contribution in [0, 0.1) is 0 Å². The minimum absolute atomic E-state index is 0.119. The van der Waals surface area contributed by atoms with Crippen LogP contribution in [0.2, 0.25) is 0 Å². The summed E-state index contributed by atoms with van der Waals surface area (Å²) in [6, 6.07) is 53.1. The molecule has 192 valence electrons. The number of hydrogen-bond acceptors (Lipinski definition) is 2. The van der Waals surface area contributed by atoms with Crippen LogP contribution in [-0.4, -0.2) is 17.5 Å². The molecule has 2 heterocycles. The molecule has 0 aromatic heterocycles. The Balaban J connectivity index is 1.41. The largest absolute Gasteiger partial charge is 0.341 e. The van der Waals surface area contributed by atoms with Crippen LogP contribution in [0.4, 0.5) is 0 Å². The monoisotopic (exact) mass is 525 g/mol. The van der Waals surface area contributed by atoms with Crippen molar-refractivity contribution in [2.24, 2.45) is 0 Å². The van der Waals surface area contributed by atoms with Crippen molar-refractivity contribution in [2.45, 2.75) is 30.7 Å². The maximum atomic E-state index is 7.47. The van der Waals surface area contributed by atoms with E-state index < -0.39 is 13.5 Å². The molecular weight excluding hydrogens is 493 g/mol. The molecule has 5 aromatic carbocycles. The van der Waals surface area contributed by atoms with Gasteiger partial charge in [-0.05, 0) is 47.8 Å². The first-order chi connectivity index (χ1) is 19.4. The highest BCUT2D eigenvalue weighted by Crippen LogP contribution is 2.54. The van der Waals surface area contributed by atoms with Gasteiger partial charge in [-0.3, -0.25) is 4.90 Å². The number of benzene rings is 5. The van der Waals surface area contributed by atoms with E-state index in [2.05, 4.69) is 150 Å². The zero-order valence-electron chi connectivity index (χ0n) is 21.9. The molecule has 0 amide bonds. The minimum atomic E-state index is -0.747. The molecule has 2 atom stereocenters. The second-order valence-corrected chi connectivity index (χ2v) is 12.6. The van der Waals surface area contributed by atoms with Gasteiger partial charge in [0.25, 0.3) is 0 Å².